The third-order valence-corrected chi connectivity index (χ3v) is 3.85. The molecule has 1 aromatic carbocycles. The van der Waals surface area contributed by atoms with Crippen molar-refractivity contribution in [3.63, 3.8) is 0 Å². The maximum atomic E-state index is 12.7. The molecule has 0 saturated carbocycles. The van der Waals surface area contributed by atoms with Crippen molar-refractivity contribution < 1.29 is 14.3 Å². The van der Waals surface area contributed by atoms with Crippen LogP contribution in [0.5, 0.6) is 5.75 Å². The molecule has 0 aliphatic carbocycles. The van der Waals surface area contributed by atoms with Crippen molar-refractivity contribution in [3.05, 3.63) is 30.9 Å². The first-order chi connectivity index (χ1) is 11.2. The van der Waals surface area contributed by atoms with E-state index in [0.717, 1.165) is 0 Å². The van der Waals surface area contributed by atoms with Gasteiger partial charge in [0.05, 0.1) is 11.1 Å². The quantitative estimate of drug-likeness (QED) is 0.839. The Morgan fingerprint density at radius 2 is 2.17 bits per heavy atom. The fourth-order valence-electron chi connectivity index (χ4n) is 2.62. The fraction of sp³-hybridized carbons (Fsp3) is 0.474. The van der Waals surface area contributed by atoms with Gasteiger partial charge in [0.2, 0.25) is 11.8 Å². The van der Waals surface area contributed by atoms with Gasteiger partial charge in [-0.05, 0) is 31.9 Å². The Bertz CT molecular complexity index is 650. The van der Waals surface area contributed by atoms with E-state index in [4.69, 9.17) is 4.74 Å². The number of nitrogens with one attached hydrogen (secondary N) is 1. The number of carbonyl (C=O) groups is 2. The average Bonchev–Trinajstić information content (AvgIpc) is 2.57. The highest BCUT2D eigenvalue weighted by atomic mass is 16.5. The van der Waals surface area contributed by atoms with E-state index in [1.54, 1.807) is 23.1 Å². The van der Waals surface area contributed by atoms with E-state index in [1.165, 1.54) is 0 Å². The summed E-state index contributed by atoms with van der Waals surface area (Å²) in [5.41, 5.74) is 0.751. The van der Waals surface area contributed by atoms with Crippen molar-refractivity contribution >= 4 is 23.2 Å². The third-order valence-electron chi connectivity index (χ3n) is 3.85. The number of ether oxygens (including phenoxy) is 1. The summed E-state index contributed by atoms with van der Waals surface area (Å²) in [6.07, 6.45) is 2.16. The van der Waals surface area contributed by atoms with Gasteiger partial charge in [0, 0.05) is 24.7 Å². The highest BCUT2D eigenvalue weighted by Crippen LogP contribution is 2.38. The Balaban J connectivity index is 2.31. The van der Waals surface area contributed by atoms with Crippen molar-refractivity contribution in [1.82, 2.24) is 0 Å². The van der Waals surface area contributed by atoms with E-state index >= 15 is 0 Å². The number of benzene rings is 1. The maximum Gasteiger partial charge on any atom is 0.236 e. The molecule has 1 heterocycles. The molecule has 5 heteroatoms. The molecule has 2 amide bonds. The van der Waals surface area contributed by atoms with Gasteiger partial charge in [0.25, 0.3) is 0 Å². The largest absolute Gasteiger partial charge is 0.490 e. The highest BCUT2D eigenvalue weighted by molar-refractivity contribution is 6.00. The fourth-order valence-corrected chi connectivity index (χ4v) is 2.62. The molecular formula is C19H26N2O3. The van der Waals surface area contributed by atoms with E-state index < -0.39 is 5.41 Å². The van der Waals surface area contributed by atoms with Crippen LogP contribution in [0.3, 0.4) is 0 Å². The Labute approximate surface area is 143 Å². The zero-order chi connectivity index (χ0) is 17.9. The lowest BCUT2D eigenvalue weighted by Gasteiger charge is -2.27. The first-order valence-electron chi connectivity index (χ1n) is 8.24. The molecule has 1 N–H and O–H groups in total. The Hall–Kier alpha value is -2.30. The number of rotatable bonds is 5. The lowest BCUT2D eigenvalue weighted by atomic mass is 9.93. The molecule has 24 heavy (non-hydrogen) atoms. The van der Waals surface area contributed by atoms with Crippen molar-refractivity contribution in [1.29, 1.82) is 0 Å². The smallest absolute Gasteiger partial charge is 0.236 e. The van der Waals surface area contributed by atoms with Gasteiger partial charge in [-0.25, -0.2) is 0 Å². The Kier molecular flexibility index (Phi) is 5.32. The monoisotopic (exact) mass is 330 g/mol. The molecule has 0 saturated heterocycles. The first kappa shape index (κ1) is 18.0. The summed E-state index contributed by atoms with van der Waals surface area (Å²) in [5, 5.41) is 2.88. The van der Waals surface area contributed by atoms with Crippen molar-refractivity contribution in [2.45, 2.75) is 34.1 Å². The van der Waals surface area contributed by atoms with Crippen LogP contribution >= 0.6 is 0 Å². The maximum absolute atomic E-state index is 12.7. The van der Waals surface area contributed by atoms with Gasteiger partial charge in [0.1, 0.15) is 12.4 Å². The van der Waals surface area contributed by atoms with Gasteiger partial charge in [-0.3, -0.25) is 9.59 Å². The number of carbonyl (C=O) groups excluding carboxylic acids is 2. The number of hydrogen-bond donors (Lipinski definition) is 1. The van der Waals surface area contributed by atoms with Crippen LogP contribution in [0.4, 0.5) is 11.4 Å². The molecule has 1 aliphatic rings. The highest BCUT2D eigenvalue weighted by Gasteiger charge is 2.37. The van der Waals surface area contributed by atoms with E-state index in [2.05, 4.69) is 11.9 Å². The minimum atomic E-state index is -0.622. The predicted octanol–water partition coefficient (Wildman–Crippen LogP) is 3.61. The molecule has 0 atom stereocenters. The summed E-state index contributed by atoms with van der Waals surface area (Å²) < 4.78 is 5.87. The SMILES string of the molecule is C=CCN1C(=O)C(C)(C)COc2cc(NC(=O)CC(C)C)ccc21. The van der Waals surface area contributed by atoms with Crippen LogP contribution < -0.4 is 15.0 Å². The Morgan fingerprint density at radius 1 is 1.46 bits per heavy atom. The minimum Gasteiger partial charge on any atom is -0.490 e. The van der Waals surface area contributed by atoms with E-state index in [1.807, 2.05) is 33.8 Å². The van der Waals surface area contributed by atoms with Gasteiger partial charge >= 0.3 is 0 Å². The van der Waals surface area contributed by atoms with Crippen LogP contribution in [0.1, 0.15) is 34.1 Å². The van der Waals surface area contributed by atoms with Gasteiger partial charge in [-0.2, -0.15) is 0 Å². The zero-order valence-corrected chi connectivity index (χ0v) is 14.9. The molecule has 0 fully saturated rings. The lowest BCUT2D eigenvalue weighted by Crippen LogP contribution is -2.42. The topological polar surface area (TPSA) is 58.6 Å². The van der Waals surface area contributed by atoms with E-state index in [0.29, 0.717) is 36.0 Å². The van der Waals surface area contributed by atoms with Crippen LogP contribution in [-0.2, 0) is 9.59 Å². The average molecular weight is 330 g/mol. The summed E-state index contributed by atoms with van der Waals surface area (Å²) in [5.74, 6) is 0.859. The summed E-state index contributed by atoms with van der Waals surface area (Å²) in [6.45, 7) is 12.2. The second-order valence-electron chi connectivity index (χ2n) is 7.21. The minimum absolute atomic E-state index is 0.00209. The Morgan fingerprint density at radius 3 is 2.79 bits per heavy atom. The molecule has 1 aromatic rings. The summed E-state index contributed by atoms with van der Waals surface area (Å²) in [4.78, 5) is 26.4. The molecule has 0 spiro atoms. The second kappa shape index (κ2) is 7.07. The molecule has 1 aliphatic heterocycles. The van der Waals surface area contributed by atoms with Crippen LogP contribution in [0.15, 0.2) is 30.9 Å². The predicted molar refractivity (Wildman–Crippen MR) is 96.4 cm³/mol. The molecule has 5 nitrogen and oxygen atoms in total. The van der Waals surface area contributed by atoms with Crippen LogP contribution in [0.25, 0.3) is 0 Å². The number of hydrogen-bond acceptors (Lipinski definition) is 3. The van der Waals surface area contributed by atoms with Crippen molar-refractivity contribution in [3.8, 4) is 5.75 Å². The zero-order valence-electron chi connectivity index (χ0n) is 14.9. The lowest BCUT2D eigenvalue weighted by molar-refractivity contribution is -0.127. The van der Waals surface area contributed by atoms with E-state index in [-0.39, 0.29) is 18.4 Å². The first-order valence-corrected chi connectivity index (χ1v) is 8.24. The molecule has 2 rings (SSSR count). The summed E-state index contributed by atoms with van der Waals surface area (Å²) >= 11 is 0. The van der Waals surface area contributed by atoms with Crippen LogP contribution in [0.2, 0.25) is 0 Å². The van der Waals surface area contributed by atoms with Crippen LogP contribution in [0, 0.1) is 11.3 Å². The number of fused-ring (bicyclic) bond motifs is 1. The molecule has 0 bridgehead atoms. The molecule has 0 unspecified atom stereocenters. The normalized spacial score (nSPS) is 16.2. The van der Waals surface area contributed by atoms with Gasteiger partial charge < -0.3 is 15.0 Å². The standard InChI is InChI=1S/C19H26N2O3/c1-6-9-21-15-8-7-14(20-17(22)10-13(2)3)11-16(15)24-12-19(4,5)18(21)23/h6-8,11,13H,1,9-10,12H2,2-5H3,(H,20,22). The molecule has 130 valence electrons. The third kappa shape index (κ3) is 3.96. The molecule has 0 radical (unpaired) electrons. The van der Waals surface area contributed by atoms with Gasteiger partial charge in [-0.15, -0.1) is 6.58 Å². The summed E-state index contributed by atoms with van der Waals surface area (Å²) in [7, 11) is 0. The van der Waals surface area contributed by atoms with E-state index in [9.17, 15) is 9.59 Å². The molecule has 0 aromatic heterocycles. The number of anilines is 2. The van der Waals surface area contributed by atoms with Crippen LogP contribution in [-0.4, -0.2) is 25.0 Å². The van der Waals surface area contributed by atoms with Gasteiger partial charge in [-0.1, -0.05) is 19.9 Å². The number of nitrogens with zero attached hydrogens (tertiary/aromatic N) is 1. The van der Waals surface area contributed by atoms with Crippen molar-refractivity contribution in [2.24, 2.45) is 11.3 Å². The molecular weight excluding hydrogens is 304 g/mol. The summed E-state index contributed by atoms with van der Waals surface area (Å²) in [6, 6.07) is 5.38. The second-order valence-corrected chi connectivity index (χ2v) is 7.21. The van der Waals surface area contributed by atoms with Crippen molar-refractivity contribution in [2.75, 3.05) is 23.4 Å². The number of amides is 2. The van der Waals surface area contributed by atoms with Gasteiger partial charge in [0.15, 0.2) is 0 Å².